The minimum atomic E-state index is -1.63. The average molecular weight is 387 g/mol. The largest absolute Gasteiger partial charge is 0.474 e. The zero-order valence-electron chi connectivity index (χ0n) is 14.5. The van der Waals surface area contributed by atoms with Crippen molar-refractivity contribution in [3.05, 3.63) is 53.9 Å². The molecule has 1 aromatic carbocycles. The minimum absolute atomic E-state index is 0.141. The number of carboxylic acids is 1. The maximum absolute atomic E-state index is 14.3. The molecule has 0 saturated carbocycles. The molecule has 10 heteroatoms. The molecule has 3 aromatic rings. The third-order valence-electron chi connectivity index (χ3n) is 4.66. The molecule has 2 N–H and O–H groups in total. The molecule has 1 atom stereocenters. The van der Waals surface area contributed by atoms with Crippen LogP contribution >= 0.6 is 0 Å². The molecule has 1 aliphatic heterocycles. The summed E-state index contributed by atoms with van der Waals surface area (Å²) in [6.07, 6.45) is 4.30. The lowest BCUT2D eigenvalue weighted by Crippen LogP contribution is -2.25. The number of rotatable bonds is 3. The summed E-state index contributed by atoms with van der Waals surface area (Å²) < 4.78 is 29.3. The zero-order valence-corrected chi connectivity index (χ0v) is 14.5. The van der Waals surface area contributed by atoms with E-state index in [1.54, 1.807) is 12.3 Å². The van der Waals surface area contributed by atoms with Crippen LogP contribution in [0.3, 0.4) is 0 Å². The Hall–Kier alpha value is -3.56. The zero-order chi connectivity index (χ0) is 19.8. The monoisotopic (exact) mass is 387 g/mol. The summed E-state index contributed by atoms with van der Waals surface area (Å²) in [6.45, 7) is 0.592. The smallest absolute Gasteiger partial charge is 0.394 e. The first-order valence-corrected chi connectivity index (χ1v) is 8.54. The second kappa shape index (κ2) is 6.87. The second-order valence-corrected chi connectivity index (χ2v) is 6.39. The van der Waals surface area contributed by atoms with E-state index in [1.807, 2.05) is 4.90 Å². The number of hydrogen-bond acceptors (Lipinski definition) is 5. The normalized spacial score (nSPS) is 16.5. The number of carboxylic acid groups (broad SMARTS) is 1. The number of nitrogens with one attached hydrogen (secondary N) is 1. The highest BCUT2D eigenvalue weighted by Gasteiger charge is 2.30. The highest BCUT2D eigenvalue weighted by Crippen LogP contribution is 2.37. The first-order chi connectivity index (χ1) is 13.4. The van der Waals surface area contributed by atoms with Gasteiger partial charge in [0.05, 0.1) is 12.2 Å². The van der Waals surface area contributed by atoms with Gasteiger partial charge in [0.1, 0.15) is 23.1 Å². The average Bonchev–Trinajstić information content (AvgIpc) is 3.30. The summed E-state index contributed by atoms with van der Waals surface area (Å²) in [5.41, 5.74) is 0.645. The van der Waals surface area contributed by atoms with Crippen molar-refractivity contribution in [1.29, 1.82) is 0 Å². The van der Waals surface area contributed by atoms with Crippen molar-refractivity contribution in [2.24, 2.45) is 0 Å². The molecule has 0 radical (unpaired) electrons. The van der Waals surface area contributed by atoms with E-state index >= 15 is 0 Å². The summed E-state index contributed by atoms with van der Waals surface area (Å²) in [5, 5.41) is 15.0. The van der Waals surface area contributed by atoms with Crippen molar-refractivity contribution in [3.8, 4) is 0 Å². The van der Waals surface area contributed by atoms with Crippen LogP contribution in [0.2, 0.25) is 0 Å². The minimum Gasteiger partial charge on any atom is -0.474 e. The summed E-state index contributed by atoms with van der Waals surface area (Å²) in [7, 11) is 0. The third-order valence-corrected chi connectivity index (χ3v) is 4.66. The van der Waals surface area contributed by atoms with E-state index in [9.17, 15) is 18.4 Å². The molecule has 0 spiro atoms. The second-order valence-electron chi connectivity index (χ2n) is 6.39. The van der Waals surface area contributed by atoms with Gasteiger partial charge < -0.3 is 15.3 Å². The summed E-state index contributed by atoms with van der Waals surface area (Å²) in [6, 6.07) is 4.66. The first kappa shape index (κ1) is 17.8. The van der Waals surface area contributed by atoms with Gasteiger partial charge in [-0.25, -0.2) is 23.1 Å². The Bertz CT molecular complexity index is 1080. The fourth-order valence-corrected chi connectivity index (χ4v) is 3.42. The summed E-state index contributed by atoms with van der Waals surface area (Å²) >= 11 is 0. The number of carbonyl (C=O) groups is 2. The Balaban J connectivity index is 1.70. The van der Waals surface area contributed by atoms with Crippen LogP contribution in [0.25, 0.3) is 5.65 Å². The molecule has 1 saturated heterocycles. The van der Waals surface area contributed by atoms with Crippen LogP contribution in [-0.4, -0.2) is 38.1 Å². The Morgan fingerprint density at radius 1 is 1.25 bits per heavy atom. The number of amides is 1. The molecule has 1 unspecified atom stereocenters. The molecule has 0 bridgehead atoms. The van der Waals surface area contributed by atoms with Crippen molar-refractivity contribution in [1.82, 2.24) is 14.6 Å². The first-order valence-electron chi connectivity index (χ1n) is 8.54. The van der Waals surface area contributed by atoms with Crippen LogP contribution in [-0.2, 0) is 9.59 Å². The molecule has 1 fully saturated rings. The van der Waals surface area contributed by atoms with Gasteiger partial charge in [0.15, 0.2) is 5.65 Å². The SMILES string of the molecule is O=C(O)C(=O)Nc1cnn2ccc(N3CCCC3c3cc(F)ccc3F)nc12. The molecule has 1 aliphatic rings. The standard InChI is InChI=1S/C18H15F2N5O3/c19-10-3-4-12(20)11(8-10)14-2-1-6-24(14)15-5-7-25-16(23-15)13(9-21-25)22-17(26)18(27)28/h3-5,7-9,14H,1-2,6H2,(H,22,26)(H,27,28). The molecule has 0 aliphatic carbocycles. The molecule has 3 heterocycles. The van der Waals surface area contributed by atoms with E-state index in [4.69, 9.17) is 5.11 Å². The van der Waals surface area contributed by atoms with Crippen LogP contribution in [0.15, 0.2) is 36.7 Å². The van der Waals surface area contributed by atoms with Crippen LogP contribution in [0.1, 0.15) is 24.4 Å². The van der Waals surface area contributed by atoms with Crippen LogP contribution < -0.4 is 10.2 Å². The highest BCUT2D eigenvalue weighted by atomic mass is 19.1. The molecule has 2 aromatic heterocycles. The lowest BCUT2D eigenvalue weighted by molar-refractivity contribution is -0.147. The predicted octanol–water partition coefficient (Wildman–Crippen LogP) is 2.37. The predicted molar refractivity (Wildman–Crippen MR) is 94.9 cm³/mol. The van der Waals surface area contributed by atoms with Gasteiger partial charge in [-0.05, 0) is 37.1 Å². The molecular weight excluding hydrogens is 372 g/mol. The van der Waals surface area contributed by atoms with Gasteiger partial charge in [0, 0.05) is 18.3 Å². The quantitative estimate of drug-likeness (QED) is 0.670. The number of aliphatic carboxylic acids is 1. The molecule has 8 nitrogen and oxygen atoms in total. The maximum Gasteiger partial charge on any atom is 0.394 e. The Morgan fingerprint density at radius 2 is 2.07 bits per heavy atom. The Kier molecular flexibility index (Phi) is 4.38. The fraction of sp³-hybridized carbons (Fsp3) is 0.222. The van der Waals surface area contributed by atoms with E-state index in [0.717, 1.165) is 18.6 Å². The number of nitrogens with zero attached hydrogens (tertiary/aromatic N) is 4. The van der Waals surface area contributed by atoms with E-state index < -0.39 is 23.5 Å². The van der Waals surface area contributed by atoms with Crippen LogP contribution in [0.5, 0.6) is 0 Å². The van der Waals surface area contributed by atoms with E-state index in [-0.39, 0.29) is 22.9 Å². The van der Waals surface area contributed by atoms with Crippen molar-refractivity contribution in [2.75, 3.05) is 16.8 Å². The number of aromatic nitrogens is 3. The van der Waals surface area contributed by atoms with Gasteiger partial charge in [-0.3, -0.25) is 4.79 Å². The van der Waals surface area contributed by atoms with E-state index in [2.05, 4.69) is 15.4 Å². The van der Waals surface area contributed by atoms with Gasteiger partial charge in [0.2, 0.25) is 0 Å². The molecule has 28 heavy (non-hydrogen) atoms. The lowest BCUT2D eigenvalue weighted by atomic mass is 10.0. The van der Waals surface area contributed by atoms with Crippen LogP contribution in [0.4, 0.5) is 20.3 Å². The molecule has 144 valence electrons. The van der Waals surface area contributed by atoms with Crippen molar-refractivity contribution in [3.63, 3.8) is 0 Å². The van der Waals surface area contributed by atoms with Gasteiger partial charge in [-0.15, -0.1) is 0 Å². The number of anilines is 2. The molecule has 1 amide bonds. The van der Waals surface area contributed by atoms with Crippen molar-refractivity contribution >= 4 is 29.0 Å². The third kappa shape index (κ3) is 3.13. The highest BCUT2D eigenvalue weighted by molar-refractivity contribution is 6.36. The van der Waals surface area contributed by atoms with Crippen molar-refractivity contribution < 1.29 is 23.5 Å². The lowest BCUT2D eigenvalue weighted by Gasteiger charge is -2.26. The topological polar surface area (TPSA) is 99.8 Å². The molecular formula is C18H15F2N5O3. The summed E-state index contributed by atoms with van der Waals surface area (Å²) in [5.74, 6) is -3.34. The number of benzene rings is 1. The van der Waals surface area contributed by atoms with Gasteiger partial charge in [-0.2, -0.15) is 5.10 Å². The number of fused-ring (bicyclic) bond motifs is 1. The van der Waals surface area contributed by atoms with Crippen molar-refractivity contribution in [2.45, 2.75) is 18.9 Å². The number of halogens is 2. The van der Waals surface area contributed by atoms with Gasteiger partial charge >= 0.3 is 11.9 Å². The van der Waals surface area contributed by atoms with E-state index in [1.165, 1.54) is 16.8 Å². The number of hydrogen-bond donors (Lipinski definition) is 2. The van der Waals surface area contributed by atoms with Gasteiger partial charge in [-0.1, -0.05) is 0 Å². The molecule has 4 rings (SSSR count). The van der Waals surface area contributed by atoms with Gasteiger partial charge in [0.25, 0.3) is 0 Å². The maximum atomic E-state index is 14.3. The van der Waals surface area contributed by atoms with E-state index in [0.29, 0.717) is 18.8 Å². The number of carbonyl (C=O) groups excluding carboxylic acids is 1. The van der Waals surface area contributed by atoms with Crippen LogP contribution in [0, 0.1) is 11.6 Å². The Morgan fingerprint density at radius 3 is 2.86 bits per heavy atom. The fourth-order valence-electron chi connectivity index (χ4n) is 3.42. The summed E-state index contributed by atoms with van der Waals surface area (Å²) in [4.78, 5) is 28.5. The Labute approximate surface area is 157 Å².